The first-order valence-electron chi connectivity index (χ1n) is 5.07. The van der Waals surface area contributed by atoms with Crippen molar-refractivity contribution in [3.05, 3.63) is 29.8 Å². The van der Waals surface area contributed by atoms with Gasteiger partial charge in [0.05, 0.1) is 0 Å². The van der Waals surface area contributed by atoms with Crippen molar-refractivity contribution in [1.29, 1.82) is 0 Å². The minimum Gasteiger partial charge on any atom is -0.508 e. The molecule has 1 aromatic rings. The Bertz CT molecular complexity index is 293. The van der Waals surface area contributed by atoms with Crippen molar-refractivity contribution in [3.63, 3.8) is 0 Å². The molecule has 13 heavy (non-hydrogen) atoms. The molecule has 1 heteroatoms. The first kappa shape index (κ1) is 8.61. The molecule has 0 radical (unpaired) electrons. The maximum atomic E-state index is 9.69. The van der Waals surface area contributed by atoms with Gasteiger partial charge < -0.3 is 5.11 Å². The number of phenolic OH excluding ortho intramolecular Hbond substituents is 1. The lowest BCUT2D eigenvalue weighted by Gasteiger charge is -2.16. The van der Waals surface area contributed by atoms with Crippen molar-refractivity contribution in [2.24, 2.45) is 5.92 Å². The Kier molecular flexibility index (Phi) is 2.26. The van der Waals surface area contributed by atoms with E-state index in [9.17, 15) is 5.11 Å². The van der Waals surface area contributed by atoms with Crippen LogP contribution in [0.25, 0.3) is 0 Å². The van der Waals surface area contributed by atoms with Gasteiger partial charge in [-0.15, -0.1) is 0 Å². The Morgan fingerprint density at radius 1 is 1.23 bits per heavy atom. The van der Waals surface area contributed by atoms with E-state index in [1.165, 1.54) is 19.3 Å². The third kappa shape index (κ3) is 1.55. The molecule has 1 N–H and O–H groups in total. The minimum atomic E-state index is 0.473. The molecule has 0 amide bonds. The highest BCUT2D eigenvalue weighted by Crippen LogP contribution is 2.42. The maximum absolute atomic E-state index is 9.69. The molecular weight excluding hydrogens is 160 g/mol. The van der Waals surface area contributed by atoms with Crippen molar-refractivity contribution in [1.82, 2.24) is 0 Å². The van der Waals surface area contributed by atoms with Crippen LogP contribution in [0.2, 0.25) is 0 Å². The second kappa shape index (κ2) is 3.41. The molecule has 0 saturated heterocycles. The second-order valence-electron chi connectivity index (χ2n) is 4.07. The quantitative estimate of drug-likeness (QED) is 0.696. The lowest BCUT2D eigenvalue weighted by molar-refractivity contribution is 0.446. The van der Waals surface area contributed by atoms with Gasteiger partial charge in [0.25, 0.3) is 0 Å². The third-order valence-corrected chi connectivity index (χ3v) is 3.20. The Morgan fingerprint density at radius 2 is 2.00 bits per heavy atom. The number of hydrogen-bond donors (Lipinski definition) is 1. The summed E-state index contributed by atoms with van der Waals surface area (Å²) in [5.41, 5.74) is 1.15. The molecule has 70 valence electrons. The molecule has 1 nitrogen and oxygen atoms in total. The van der Waals surface area contributed by atoms with Crippen LogP contribution in [0.5, 0.6) is 5.75 Å². The highest BCUT2D eigenvalue weighted by molar-refractivity contribution is 5.35. The summed E-state index contributed by atoms with van der Waals surface area (Å²) < 4.78 is 0. The average molecular weight is 176 g/mol. The molecule has 2 unspecified atom stereocenters. The van der Waals surface area contributed by atoms with Crippen molar-refractivity contribution >= 4 is 0 Å². The lowest BCUT2D eigenvalue weighted by Crippen LogP contribution is -2.01. The van der Waals surface area contributed by atoms with Crippen molar-refractivity contribution in [3.8, 4) is 5.75 Å². The number of aromatic hydroxyl groups is 1. The third-order valence-electron chi connectivity index (χ3n) is 3.20. The molecule has 1 fully saturated rings. The summed E-state index contributed by atoms with van der Waals surface area (Å²) in [4.78, 5) is 0. The summed E-state index contributed by atoms with van der Waals surface area (Å²) in [6.07, 6.45) is 3.85. The van der Waals surface area contributed by atoms with Gasteiger partial charge >= 0.3 is 0 Å². The molecule has 0 heterocycles. The zero-order valence-corrected chi connectivity index (χ0v) is 8.03. The van der Waals surface area contributed by atoms with Gasteiger partial charge in [-0.2, -0.15) is 0 Å². The first-order valence-corrected chi connectivity index (χ1v) is 5.07. The van der Waals surface area contributed by atoms with Crippen LogP contribution in [0.1, 0.15) is 37.7 Å². The molecule has 1 aliphatic rings. The summed E-state index contributed by atoms with van der Waals surface area (Å²) in [7, 11) is 0. The second-order valence-corrected chi connectivity index (χ2v) is 4.07. The lowest BCUT2D eigenvalue weighted by atomic mass is 9.90. The van der Waals surface area contributed by atoms with Gasteiger partial charge in [0.2, 0.25) is 0 Å². The van der Waals surface area contributed by atoms with E-state index in [2.05, 4.69) is 13.0 Å². The Labute approximate surface area is 79.4 Å². The molecule has 0 aromatic heterocycles. The zero-order chi connectivity index (χ0) is 9.26. The van der Waals surface area contributed by atoms with Gasteiger partial charge in [-0.05, 0) is 29.9 Å². The minimum absolute atomic E-state index is 0.473. The van der Waals surface area contributed by atoms with Gasteiger partial charge in [-0.25, -0.2) is 0 Å². The van der Waals surface area contributed by atoms with E-state index in [1.54, 1.807) is 6.07 Å². The van der Waals surface area contributed by atoms with E-state index >= 15 is 0 Å². The number of para-hydroxylation sites is 1. The van der Waals surface area contributed by atoms with E-state index in [-0.39, 0.29) is 0 Å². The van der Waals surface area contributed by atoms with Crippen LogP contribution in [-0.2, 0) is 0 Å². The van der Waals surface area contributed by atoms with Crippen LogP contribution in [0.15, 0.2) is 24.3 Å². The van der Waals surface area contributed by atoms with Gasteiger partial charge in [-0.1, -0.05) is 38.0 Å². The van der Waals surface area contributed by atoms with Gasteiger partial charge in [0.1, 0.15) is 5.75 Å². The number of hydrogen-bond acceptors (Lipinski definition) is 1. The van der Waals surface area contributed by atoms with E-state index < -0.39 is 0 Å². The fourth-order valence-electron chi connectivity index (χ4n) is 2.41. The molecule has 2 atom stereocenters. The highest BCUT2D eigenvalue weighted by atomic mass is 16.3. The number of benzene rings is 1. The summed E-state index contributed by atoms with van der Waals surface area (Å²) in [6, 6.07) is 7.75. The normalized spacial score (nSPS) is 27.8. The fourth-order valence-corrected chi connectivity index (χ4v) is 2.41. The Balaban J connectivity index is 2.29. The molecule has 1 saturated carbocycles. The molecule has 0 aliphatic heterocycles. The summed E-state index contributed by atoms with van der Waals surface area (Å²) in [6.45, 7) is 2.28. The molecule has 2 rings (SSSR count). The highest BCUT2D eigenvalue weighted by Gasteiger charge is 2.26. The standard InChI is InChI=1S/C12H16O/c1-9-5-4-7-10(9)11-6-2-3-8-12(11)13/h2-3,6,8-10,13H,4-5,7H2,1H3. The fraction of sp³-hybridized carbons (Fsp3) is 0.500. The molecule has 0 spiro atoms. The monoisotopic (exact) mass is 176 g/mol. The number of rotatable bonds is 1. The smallest absolute Gasteiger partial charge is 0.119 e. The largest absolute Gasteiger partial charge is 0.508 e. The van der Waals surface area contributed by atoms with Crippen molar-refractivity contribution < 1.29 is 5.11 Å². The zero-order valence-electron chi connectivity index (χ0n) is 8.03. The Morgan fingerprint density at radius 3 is 2.62 bits per heavy atom. The summed E-state index contributed by atoms with van der Waals surface area (Å²) >= 11 is 0. The van der Waals surface area contributed by atoms with Crippen LogP contribution in [0, 0.1) is 5.92 Å². The van der Waals surface area contributed by atoms with Crippen LogP contribution in [0.4, 0.5) is 0 Å². The predicted octanol–water partition coefficient (Wildman–Crippen LogP) is 3.30. The van der Waals surface area contributed by atoms with E-state index in [4.69, 9.17) is 0 Å². The SMILES string of the molecule is CC1CCCC1c1ccccc1O. The molecular formula is C12H16O. The predicted molar refractivity (Wildman–Crippen MR) is 53.9 cm³/mol. The van der Waals surface area contributed by atoms with Crippen LogP contribution in [-0.4, -0.2) is 5.11 Å². The number of phenols is 1. The summed E-state index contributed by atoms with van der Waals surface area (Å²) in [5.74, 6) is 1.79. The van der Waals surface area contributed by atoms with Crippen LogP contribution < -0.4 is 0 Å². The molecule has 0 bridgehead atoms. The average Bonchev–Trinajstić information content (AvgIpc) is 2.52. The first-order chi connectivity index (χ1) is 6.29. The topological polar surface area (TPSA) is 20.2 Å². The van der Waals surface area contributed by atoms with Crippen molar-refractivity contribution in [2.75, 3.05) is 0 Å². The molecule has 1 aliphatic carbocycles. The van der Waals surface area contributed by atoms with Crippen LogP contribution in [0.3, 0.4) is 0 Å². The van der Waals surface area contributed by atoms with E-state index in [0.29, 0.717) is 11.7 Å². The van der Waals surface area contributed by atoms with Crippen molar-refractivity contribution in [2.45, 2.75) is 32.1 Å². The van der Waals surface area contributed by atoms with Gasteiger partial charge in [0.15, 0.2) is 0 Å². The Hall–Kier alpha value is -0.980. The molecule has 1 aromatic carbocycles. The van der Waals surface area contributed by atoms with E-state index in [0.717, 1.165) is 11.5 Å². The van der Waals surface area contributed by atoms with Gasteiger partial charge in [-0.3, -0.25) is 0 Å². The van der Waals surface area contributed by atoms with Crippen LogP contribution >= 0.6 is 0 Å². The summed E-state index contributed by atoms with van der Waals surface area (Å²) in [5, 5.41) is 9.69. The maximum Gasteiger partial charge on any atom is 0.119 e. The van der Waals surface area contributed by atoms with E-state index in [1.807, 2.05) is 12.1 Å². The van der Waals surface area contributed by atoms with Gasteiger partial charge in [0, 0.05) is 0 Å².